The summed E-state index contributed by atoms with van der Waals surface area (Å²) in [6, 6.07) is 5.92. The molecular weight excluding hydrogens is 415 g/mol. The molecule has 4 aliphatic rings. The van der Waals surface area contributed by atoms with Crippen molar-refractivity contribution >= 4 is 17.7 Å². The van der Waals surface area contributed by atoms with Crippen LogP contribution in [0.4, 0.5) is 4.39 Å². The fourth-order valence-electron chi connectivity index (χ4n) is 5.87. The normalized spacial score (nSPS) is 28.8. The van der Waals surface area contributed by atoms with Crippen LogP contribution in [-0.4, -0.2) is 98.9 Å². The van der Waals surface area contributed by atoms with E-state index in [2.05, 4.69) is 4.90 Å². The molecular formula is C23H29FN4O4. The monoisotopic (exact) mass is 444 g/mol. The van der Waals surface area contributed by atoms with Crippen LogP contribution >= 0.6 is 0 Å². The van der Waals surface area contributed by atoms with E-state index < -0.39 is 23.5 Å². The summed E-state index contributed by atoms with van der Waals surface area (Å²) in [5, 5.41) is 10.3. The predicted molar refractivity (Wildman–Crippen MR) is 113 cm³/mol. The van der Waals surface area contributed by atoms with Crippen LogP contribution in [0.25, 0.3) is 0 Å². The van der Waals surface area contributed by atoms with Gasteiger partial charge in [-0.05, 0) is 25.3 Å². The molecule has 1 spiro atoms. The molecule has 4 heterocycles. The van der Waals surface area contributed by atoms with Gasteiger partial charge in [0.15, 0.2) is 0 Å². The molecule has 172 valence electrons. The van der Waals surface area contributed by atoms with Crippen LogP contribution in [0.2, 0.25) is 0 Å². The second kappa shape index (κ2) is 7.90. The van der Waals surface area contributed by atoms with Gasteiger partial charge in [-0.1, -0.05) is 18.2 Å². The molecule has 0 bridgehead atoms. The molecule has 4 aliphatic heterocycles. The molecule has 0 radical (unpaired) electrons. The van der Waals surface area contributed by atoms with Crippen molar-refractivity contribution in [3.8, 4) is 0 Å². The van der Waals surface area contributed by atoms with E-state index in [1.165, 1.54) is 11.0 Å². The molecule has 4 fully saturated rings. The van der Waals surface area contributed by atoms with Gasteiger partial charge in [-0.3, -0.25) is 29.1 Å². The molecule has 0 aliphatic carbocycles. The first-order chi connectivity index (χ1) is 15.3. The van der Waals surface area contributed by atoms with Crippen molar-refractivity contribution in [2.75, 3.05) is 32.7 Å². The minimum atomic E-state index is -0.862. The number of halogens is 1. The zero-order chi connectivity index (χ0) is 22.6. The highest BCUT2D eigenvalue weighted by Crippen LogP contribution is 2.42. The second-order valence-electron chi connectivity index (χ2n) is 9.55. The van der Waals surface area contributed by atoms with Gasteiger partial charge in [0.1, 0.15) is 11.4 Å². The van der Waals surface area contributed by atoms with Gasteiger partial charge in [0.25, 0.3) is 5.91 Å². The van der Waals surface area contributed by atoms with Crippen LogP contribution in [0.1, 0.15) is 31.7 Å². The number of nitrogens with zero attached hydrogens (tertiary/aromatic N) is 4. The van der Waals surface area contributed by atoms with Gasteiger partial charge in [0.05, 0.1) is 18.7 Å². The van der Waals surface area contributed by atoms with Crippen LogP contribution in [0.15, 0.2) is 24.3 Å². The molecule has 2 atom stereocenters. The number of piperidine rings is 1. The van der Waals surface area contributed by atoms with E-state index >= 15 is 0 Å². The number of carbonyl (C=O) groups is 3. The number of aliphatic hydroxyl groups excluding tert-OH is 1. The third-order valence-electron chi connectivity index (χ3n) is 7.66. The number of hydrogen-bond donors (Lipinski definition) is 1. The van der Waals surface area contributed by atoms with Gasteiger partial charge in [-0.25, -0.2) is 4.39 Å². The summed E-state index contributed by atoms with van der Waals surface area (Å²) in [6.07, 6.45) is 1.34. The van der Waals surface area contributed by atoms with Crippen molar-refractivity contribution in [2.24, 2.45) is 0 Å². The number of fused-ring (bicyclic) bond motifs is 2. The number of rotatable bonds is 3. The summed E-state index contributed by atoms with van der Waals surface area (Å²) in [4.78, 5) is 45.6. The lowest BCUT2D eigenvalue weighted by Crippen LogP contribution is -2.82. The van der Waals surface area contributed by atoms with Gasteiger partial charge in [0.2, 0.25) is 11.8 Å². The maximum atomic E-state index is 14.3. The molecule has 1 N–H and O–H groups in total. The summed E-state index contributed by atoms with van der Waals surface area (Å²) >= 11 is 0. The first-order valence-electron chi connectivity index (χ1n) is 11.3. The highest BCUT2D eigenvalue weighted by Gasteiger charge is 2.64. The number of amides is 3. The average molecular weight is 445 g/mol. The fourth-order valence-corrected chi connectivity index (χ4v) is 5.87. The number of hydrogen-bond acceptors (Lipinski definition) is 6. The van der Waals surface area contributed by atoms with E-state index in [0.717, 1.165) is 12.8 Å². The molecule has 0 aromatic heterocycles. The number of β-amino-alcohol motifs (C(OH)–C–C–N with tert-alkyl or cyclic N) is 1. The van der Waals surface area contributed by atoms with E-state index in [0.29, 0.717) is 44.7 Å². The number of likely N-dealkylation sites (tertiary alicyclic amines) is 2. The Labute approximate surface area is 186 Å². The quantitative estimate of drug-likeness (QED) is 0.671. The SMILES string of the molecule is CC(=O)N1CCC(N2CC3(C2)C(=O)N(Cc2ccccc2F)C(=O)[C@@H]2C[C@@H](O)CN23)CC1. The highest BCUT2D eigenvalue weighted by atomic mass is 19.1. The van der Waals surface area contributed by atoms with Crippen molar-refractivity contribution in [2.45, 2.75) is 56.5 Å². The van der Waals surface area contributed by atoms with Crippen molar-refractivity contribution in [3.63, 3.8) is 0 Å². The Morgan fingerprint density at radius 3 is 2.53 bits per heavy atom. The minimum absolute atomic E-state index is 0.0854. The van der Waals surface area contributed by atoms with Crippen molar-refractivity contribution in [3.05, 3.63) is 35.6 Å². The average Bonchev–Trinajstić information content (AvgIpc) is 3.14. The van der Waals surface area contributed by atoms with Gasteiger partial charge in [-0.2, -0.15) is 0 Å². The lowest BCUT2D eigenvalue weighted by atomic mass is 9.80. The van der Waals surface area contributed by atoms with Crippen molar-refractivity contribution < 1.29 is 23.9 Å². The molecule has 0 saturated carbocycles. The summed E-state index contributed by atoms with van der Waals surface area (Å²) in [7, 11) is 0. The van der Waals surface area contributed by atoms with Crippen LogP contribution in [0, 0.1) is 5.82 Å². The lowest BCUT2D eigenvalue weighted by Gasteiger charge is -2.60. The van der Waals surface area contributed by atoms with E-state index in [1.807, 2.05) is 9.80 Å². The fraction of sp³-hybridized carbons (Fsp3) is 0.609. The van der Waals surface area contributed by atoms with Crippen LogP contribution in [0.3, 0.4) is 0 Å². The third-order valence-corrected chi connectivity index (χ3v) is 7.66. The van der Waals surface area contributed by atoms with Gasteiger partial charge in [0, 0.05) is 51.3 Å². The van der Waals surface area contributed by atoms with Gasteiger partial charge >= 0.3 is 0 Å². The Balaban J connectivity index is 1.36. The Hall–Kier alpha value is -2.36. The smallest absolute Gasteiger partial charge is 0.252 e. The van der Waals surface area contributed by atoms with E-state index in [1.54, 1.807) is 25.1 Å². The largest absolute Gasteiger partial charge is 0.392 e. The number of aliphatic hydroxyl groups is 1. The summed E-state index contributed by atoms with van der Waals surface area (Å²) in [5.41, 5.74) is -0.553. The summed E-state index contributed by atoms with van der Waals surface area (Å²) < 4.78 is 14.3. The Morgan fingerprint density at radius 1 is 1.19 bits per heavy atom. The maximum Gasteiger partial charge on any atom is 0.252 e. The Morgan fingerprint density at radius 2 is 1.88 bits per heavy atom. The highest BCUT2D eigenvalue weighted by molar-refractivity contribution is 6.06. The van der Waals surface area contributed by atoms with Crippen molar-refractivity contribution in [1.29, 1.82) is 0 Å². The first-order valence-corrected chi connectivity index (χ1v) is 11.3. The Kier molecular flexibility index (Phi) is 5.30. The molecule has 9 heteroatoms. The molecule has 3 amide bonds. The van der Waals surface area contributed by atoms with Crippen molar-refractivity contribution in [1.82, 2.24) is 19.6 Å². The molecule has 4 saturated heterocycles. The standard InChI is InChI=1S/C23H29FN4O4/c1-15(29)25-8-6-17(7-9-25)26-13-23(14-26)22(32)27(11-16-4-2-3-5-19(16)24)21(31)20-10-18(30)12-28(20)23/h2-5,17-18,20,30H,6-14H2,1H3/t18-,20+/m1/s1. The van der Waals surface area contributed by atoms with Gasteiger partial charge in [-0.15, -0.1) is 0 Å². The van der Waals surface area contributed by atoms with Crippen LogP contribution in [-0.2, 0) is 20.9 Å². The van der Waals surface area contributed by atoms with Crippen LogP contribution < -0.4 is 0 Å². The number of carbonyl (C=O) groups excluding carboxylic acids is 3. The van der Waals surface area contributed by atoms with Gasteiger partial charge < -0.3 is 10.0 Å². The molecule has 8 nitrogen and oxygen atoms in total. The molecule has 1 aromatic carbocycles. The lowest BCUT2D eigenvalue weighted by molar-refractivity contribution is -0.184. The first kappa shape index (κ1) is 21.5. The molecule has 32 heavy (non-hydrogen) atoms. The summed E-state index contributed by atoms with van der Waals surface area (Å²) in [6.45, 7) is 4.18. The molecule has 5 rings (SSSR count). The zero-order valence-electron chi connectivity index (χ0n) is 18.2. The van der Waals surface area contributed by atoms with E-state index in [-0.39, 0.29) is 30.3 Å². The molecule has 1 aromatic rings. The zero-order valence-corrected chi connectivity index (χ0v) is 18.2. The van der Waals surface area contributed by atoms with E-state index in [9.17, 15) is 23.9 Å². The number of imide groups is 1. The Bertz CT molecular complexity index is 942. The topological polar surface area (TPSA) is 84.4 Å². The molecule has 0 unspecified atom stereocenters. The maximum absolute atomic E-state index is 14.3. The van der Waals surface area contributed by atoms with E-state index in [4.69, 9.17) is 0 Å². The summed E-state index contributed by atoms with van der Waals surface area (Å²) in [5.74, 6) is -1.01. The second-order valence-corrected chi connectivity index (χ2v) is 9.55. The number of piperazine rings is 1. The van der Waals surface area contributed by atoms with Crippen LogP contribution in [0.5, 0.6) is 0 Å². The predicted octanol–water partition coefficient (Wildman–Crippen LogP) is 0.195. The minimum Gasteiger partial charge on any atom is -0.392 e. The third kappa shape index (κ3) is 3.34. The number of benzene rings is 1.